The SMILES string of the molecule is CC(C)Oc1ccc(C2/C(=C(/O)c3ccc4ccccc4c3)C(=O)C(=O)N2c2ccc(C(C)C)cc2)cc1. The summed E-state index contributed by atoms with van der Waals surface area (Å²) in [6, 6.07) is 27.5. The number of ketones is 1. The molecule has 1 unspecified atom stereocenters. The number of aliphatic hydroxyl groups excluding tert-OH is 1. The molecule has 38 heavy (non-hydrogen) atoms. The summed E-state index contributed by atoms with van der Waals surface area (Å²) in [4.78, 5) is 28.5. The molecule has 5 rings (SSSR count). The Labute approximate surface area is 223 Å². The van der Waals surface area contributed by atoms with Crippen LogP contribution in [0.4, 0.5) is 5.69 Å². The molecule has 5 heteroatoms. The molecular formula is C33H31NO4. The molecule has 1 aliphatic heterocycles. The number of nitrogens with zero attached hydrogens (tertiary/aromatic N) is 1. The average molecular weight is 506 g/mol. The third kappa shape index (κ3) is 4.68. The summed E-state index contributed by atoms with van der Waals surface area (Å²) in [5, 5.41) is 13.5. The van der Waals surface area contributed by atoms with Gasteiger partial charge < -0.3 is 9.84 Å². The fourth-order valence-electron chi connectivity index (χ4n) is 4.93. The quantitative estimate of drug-likeness (QED) is 0.169. The van der Waals surface area contributed by atoms with Gasteiger partial charge in [-0.3, -0.25) is 14.5 Å². The van der Waals surface area contributed by atoms with Crippen molar-refractivity contribution in [2.24, 2.45) is 0 Å². The molecule has 5 nitrogen and oxygen atoms in total. The first-order valence-electron chi connectivity index (χ1n) is 12.9. The van der Waals surface area contributed by atoms with E-state index in [0.29, 0.717) is 28.5 Å². The lowest BCUT2D eigenvalue weighted by Crippen LogP contribution is -2.29. The van der Waals surface area contributed by atoms with Crippen LogP contribution in [0.25, 0.3) is 16.5 Å². The van der Waals surface area contributed by atoms with Gasteiger partial charge >= 0.3 is 0 Å². The highest BCUT2D eigenvalue weighted by atomic mass is 16.5. The highest BCUT2D eigenvalue weighted by Gasteiger charge is 2.47. The average Bonchev–Trinajstić information content (AvgIpc) is 3.18. The van der Waals surface area contributed by atoms with Gasteiger partial charge in [-0.25, -0.2) is 0 Å². The predicted octanol–water partition coefficient (Wildman–Crippen LogP) is 7.38. The van der Waals surface area contributed by atoms with Gasteiger partial charge in [0, 0.05) is 11.3 Å². The molecule has 4 aromatic carbocycles. The number of carbonyl (C=O) groups is 2. The number of amides is 1. The molecule has 192 valence electrons. The third-order valence-corrected chi connectivity index (χ3v) is 6.87. The number of hydrogen-bond acceptors (Lipinski definition) is 4. The Morgan fingerprint density at radius 2 is 1.47 bits per heavy atom. The molecule has 0 aromatic heterocycles. The normalized spacial score (nSPS) is 17.1. The molecular weight excluding hydrogens is 474 g/mol. The summed E-state index contributed by atoms with van der Waals surface area (Å²) < 4.78 is 5.80. The zero-order valence-corrected chi connectivity index (χ0v) is 22.0. The molecule has 1 fully saturated rings. The van der Waals surface area contributed by atoms with Gasteiger partial charge in [-0.2, -0.15) is 0 Å². The number of carbonyl (C=O) groups excluding carboxylic acids is 2. The van der Waals surface area contributed by atoms with Gasteiger partial charge in [0.05, 0.1) is 17.7 Å². The number of Topliss-reactive ketones (excluding diaryl/α,β-unsaturated/α-hetero) is 1. The van der Waals surface area contributed by atoms with E-state index in [0.717, 1.165) is 16.3 Å². The molecule has 0 aliphatic carbocycles. The van der Waals surface area contributed by atoms with Crippen LogP contribution in [0.2, 0.25) is 0 Å². The fourth-order valence-corrected chi connectivity index (χ4v) is 4.93. The van der Waals surface area contributed by atoms with Crippen molar-refractivity contribution >= 4 is 33.9 Å². The molecule has 1 N–H and O–H groups in total. The van der Waals surface area contributed by atoms with E-state index in [4.69, 9.17) is 4.74 Å². The van der Waals surface area contributed by atoms with E-state index in [1.165, 1.54) is 4.90 Å². The van der Waals surface area contributed by atoms with Crippen LogP contribution in [-0.4, -0.2) is 22.9 Å². The summed E-state index contributed by atoms with van der Waals surface area (Å²) in [5.74, 6) is -0.552. The standard InChI is InChI=1S/C33H31NO4/c1-20(2)22-11-15-27(16-12-22)34-30(24-13-17-28(18-14-24)38-21(3)4)29(32(36)33(34)37)31(35)26-10-9-23-7-5-6-8-25(23)19-26/h5-21,30,35H,1-4H3/b31-29-. The minimum absolute atomic E-state index is 0.0128. The lowest BCUT2D eigenvalue weighted by molar-refractivity contribution is -0.132. The largest absolute Gasteiger partial charge is 0.507 e. The van der Waals surface area contributed by atoms with E-state index >= 15 is 0 Å². The Morgan fingerprint density at radius 1 is 0.816 bits per heavy atom. The topological polar surface area (TPSA) is 66.8 Å². The van der Waals surface area contributed by atoms with E-state index in [-0.39, 0.29) is 17.4 Å². The van der Waals surface area contributed by atoms with Crippen molar-refractivity contribution in [3.05, 3.63) is 113 Å². The summed E-state index contributed by atoms with van der Waals surface area (Å²) in [6.07, 6.45) is 0.0128. The van der Waals surface area contributed by atoms with Crippen LogP contribution in [0.1, 0.15) is 56.3 Å². The van der Waals surface area contributed by atoms with Gasteiger partial charge in [0.2, 0.25) is 0 Å². The molecule has 0 bridgehead atoms. The second-order valence-electron chi connectivity index (χ2n) is 10.2. The summed E-state index contributed by atoms with van der Waals surface area (Å²) in [6.45, 7) is 8.11. The zero-order valence-electron chi connectivity index (χ0n) is 22.0. The lowest BCUT2D eigenvalue weighted by atomic mass is 9.94. The molecule has 1 amide bonds. The number of anilines is 1. The highest BCUT2D eigenvalue weighted by molar-refractivity contribution is 6.51. The van der Waals surface area contributed by atoms with E-state index in [1.54, 1.807) is 6.07 Å². The Balaban J connectivity index is 1.66. The number of hydrogen-bond donors (Lipinski definition) is 1. The number of aliphatic hydroxyl groups is 1. The number of benzene rings is 4. The molecule has 1 heterocycles. The first-order chi connectivity index (χ1) is 18.2. The second-order valence-corrected chi connectivity index (χ2v) is 10.2. The van der Waals surface area contributed by atoms with Crippen molar-refractivity contribution in [1.29, 1.82) is 0 Å². The molecule has 0 spiro atoms. The molecule has 1 aliphatic rings. The van der Waals surface area contributed by atoms with Crippen LogP contribution < -0.4 is 9.64 Å². The zero-order chi connectivity index (χ0) is 27.0. The first-order valence-corrected chi connectivity index (χ1v) is 12.9. The minimum Gasteiger partial charge on any atom is -0.507 e. The predicted molar refractivity (Wildman–Crippen MR) is 151 cm³/mol. The van der Waals surface area contributed by atoms with Crippen LogP contribution in [0, 0.1) is 0 Å². The van der Waals surface area contributed by atoms with E-state index in [9.17, 15) is 14.7 Å². The van der Waals surface area contributed by atoms with Gasteiger partial charge in [0.1, 0.15) is 11.5 Å². The Kier molecular flexibility index (Phi) is 6.77. The van der Waals surface area contributed by atoms with Crippen molar-refractivity contribution in [1.82, 2.24) is 0 Å². The van der Waals surface area contributed by atoms with Crippen molar-refractivity contribution in [2.45, 2.75) is 45.8 Å². The van der Waals surface area contributed by atoms with Crippen molar-refractivity contribution in [3.63, 3.8) is 0 Å². The Bertz CT molecular complexity index is 1530. The van der Waals surface area contributed by atoms with Crippen LogP contribution >= 0.6 is 0 Å². The third-order valence-electron chi connectivity index (χ3n) is 6.87. The maximum absolute atomic E-state index is 13.5. The minimum atomic E-state index is -0.792. The van der Waals surface area contributed by atoms with Crippen LogP contribution in [0.5, 0.6) is 5.75 Å². The smallest absolute Gasteiger partial charge is 0.300 e. The molecule has 1 atom stereocenters. The lowest BCUT2D eigenvalue weighted by Gasteiger charge is -2.26. The van der Waals surface area contributed by atoms with E-state index in [1.807, 2.05) is 98.8 Å². The van der Waals surface area contributed by atoms with E-state index < -0.39 is 17.7 Å². The van der Waals surface area contributed by atoms with Crippen molar-refractivity contribution in [3.8, 4) is 5.75 Å². The van der Waals surface area contributed by atoms with Gasteiger partial charge in [-0.1, -0.05) is 74.5 Å². The van der Waals surface area contributed by atoms with Crippen LogP contribution in [0.15, 0.2) is 96.6 Å². The molecule has 4 aromatic rings. The number of ether oxygens (including phenoxy) is 1. The summed E-state index contributed by atoms with van der Waals surface area (Å²) in [7, 11) is 0. The van der Waals surface area contributed by atoms with Crippen LogP contribution in [0.3, 0.4) is 0 Å². The van der Waals surface area contributed by atoms with Gasteiger partial charge in [0.15, 0.2) is 0 Å². The second kappa shape index (κ2) is 10.2. The van der Waals surface area contributed by atoms with Crippen molar-refractivity contribution < 1.29 is 19.4 Å². The number of fused-ring (bicyclic) bond motifs is 1. The maximum atomic E-state index is 13.5. The Hall–Kier alpha value is -4.38. The highest BCUT2D eigenvalue weighted by Crippen LogP contribution is 2.43. The molecule has 0 saturated carbocycles. The van der Waals surface area contributed by atoms with Crippen LogP contribution in [-0.2, 0) is 9.59 Å². The summed E-state index contributed by atoms with van der Waals surface area (Å²) >= 11 is 0. The van der Waals surface area contributed by atoms with E-state index in [2.05, 4.69) is 13.8 Å². The molecule has 0 radical (unpaired) electrons. The maximum Gasteiger partial charge on any atom is 0.300 e. The first kappa shape index (κ1) is 25.3. The van der Waals surface area contributed by atoms with Gasteiger partial charge in [0.25, 0.3) is 11.7 Å². The fraction of sp³-hybridized carbons (Fsp3) is 0.212. The monoisotopic (exact) mass is 505 g/mol. The Morgan fingerprint density at radius 3 is 2.11 bits per heavy atom. The van der Waals surface area contributed by atoms with Gasteiger partial charge in [-0.05, 0) is 72.0 Å². The van der Waals surface area contributed by atoms with Gasteiger partial charge in [-0.15, -0.1) is 0 Å². The number of rotatable bonds is 6. The molecule has 1 saturated heterocycles. The summed E-state index contributed by atoms with van der Waals surface area (Å²) in [5.41, 5.74) is 2.99. The van der Waals surface area contributed by atoms with Crippen molar-refractivity contribution in [2.75, 3.05) is 4.90 Å².